The molecule has 0 aliphatic carbocycles. The number of carboxylic acids is 1. The number of carbonyl (C=O) groups excluding carboxylic acids is 1. The highest BCUT2D eigenvalue weighted by Crippen LogP contribution is 2.23. The lowest BCUT2D eigenvalue weighted by molar-refractivity contribution is 0.0687. The summed E-state index contributed by atoms with van der Waals surface area (Å²) in [5, 5.41) is 12.4. The lowest BCUT2D eigenvalue weighted by atomic mass is 10.3. The van der Waals surface area contributed by atoms with E-state index >= 15 is 0 Å². The standard InChI is InChI=1S/C11H12N4O3S/c1-6(16)9-8(10(17)18)15-11(19-9)14-3-2-7-12-4-5-13-7/h4-5H,2-3H2,1H3,(H,12,13)(H,14,15)(H,17,18). The van der Waals surface area contributed by atoms with Gasteiger partial charge in [-0.2, -0.15) is 0 Å². The third kappa shape index (κ3) is 3.16. The van der Waals surface area contributed by atoms with E-state index in [0.717, 1.165) is 17.2 Å². The van der Waals surface area contributed by atoms with Crippen molar-refractivity contribution in [2.24, 2.45) is 0 Å². The van der Waals surface area contributed by atoms with E-state index in [4.69, 9.17) is 5.11 Å². The lowest BCUT2D eigenvalue weighted by Gasteiger charge is -1.99. The van der Waals surface area contributed by atoms with Crippen LogP contribution in [0, 0.1) is 0 Å². The normalized spacial score (nSPS) is 10.4. The summed E-state index contributed by atoms with van der Waals surface area (Å²) in [6.45, 7) is 1.88. The zero-order chi connectivity index (χ0) is 13.8. The number of carbonyl (C=O) groups is 2. The van der Waals surface area contributed by atoms with E-state index in [9.17, 15) is 9.59 Å². The number of rotatable bonds is 6. The number of Topliss-reactive ketones (excluding diaryl/α,β-unsaturated/α-hetero) is 1. The first kappa shape index (κ1) is 13.2. The predicted octanol–water partition coefficient (Wildman–Crippen LogP) is 1.42. The molecule has 0 saturated carbocycles. The molecule has 2 heterocycles. The average molecular weight is 280 g/mol. The van der Waals surface area contributed by atoms with Gasteiger partial charge in [0.15, 0.2) is 16.6 Å². The Bertz CT molecular complexity index is 560. The third-order valence-corrected chi connectivity index (χ3v) is 3.46. The molecule has 7 nitrogen and oxygen atoms in total. The van der Waals surface area contributed by atoms with Crippen molar-refractivity contribution < 1.29 is 14.7 Å². The number of nitrogens with zero attached hydrogens (tertiary/aromatic N) is 2. The van der Waals surface area contributed by atoms with E-state index in [1.807, 2.05) is 0 Å². The van der Waals surface area contributed by atoms with Crippen molar-refractivity contribution in [3.63, 3.8) is 0 Å². The van der Waals surface area contributed by atoms with E-state index in [1.165, 1.54) is 6.92 Å². The molecule has 0 atom stereocenters. The molecule has 2 aromatic heterocycles. The van der Waals surface area contributed by atoms with Gasteiger partial charge in [0.1, 0.15) is 10.7 Å². The monoisotopic (exact) mass is 280 g/mol. The molecule has 0 amide bonds. The highest BCUT2D eigenvalue weighted by atomic mass is 32.1. The Morgan fingerprint density at radius 2 is 2.32 bits per heavy atom. The molecule has 0 unspecified atom stereocenters. The van der Waals surface area contributed by atoms with Crippen LogP contribution in [0.3, 0.4) is 0 Å². The Labute approximate surface area is 112 Å². The summed E-state index contributed by atoms with van der Waals surface area (Å²) in [6, 6.07) is 0. The maximum absolute atomic E-state index is 11.3. The highest BCUT2D eigenvalue weighted by Gasteiger charge is 2.20. The summed E-state index contributed by atoms with van der Waals surface area (Å²) in [6.07, 6.45) is 4.05. The van der Waals surface area contributed by atoms with Gasteiger partial charge in [-0.15, -0.1) is 0 Å². The molecule has 19 heavy (non-hydrogen) atoms. The molecule has 0 spiro atoms. The van der Waals surface area contributed by atoms with Crippen LogP contribution in [0.15, 0.2) is 12.4 Å². The summed E-state index contributed by atoms with van der Waals surface area (Å²) < 4.78 is 0. The largest absolute Gasteiger partial charge is 0.476 e. The van der Waals surface area contributed by atoms with Crippen molar-refractivity contribution in [1.82, 2.24) is 15.0 Å². The number of ketones is 1. The van der Waals surface area contributed by atoms with Gasteiger partial charge in [-0.3, -0.25) is 4.79 Å². The van der Waals surface area contributed by atoms with Crippen molar-refractivity contribution in [3.05, 3.63) is 28.8 Å². The fourth-order valence-electron chi connectivity index (χ4n) is 1.50. The Hall–Kier alpha value is -2.22. The Balaban J connectivity index is 2.02. The number of thiazole rings is 1. The number of anilines is 1. The van der Waals surface area contributed by atoms with Gasteiger partial charge in [-0.25, -0.2) is 14.8 Å². The van der Waals surface area contributed by atoms with E-state index in [0.29, 0.717) is 18.1 Å². The summed E-state index contributed by atoms with van der Waals surface area (Å²) in [4.78, 5) is 33.4. The summed E-state index contributed by atoms with van der Waals surface area (Å²) >= 11 is 1.05. The third-order valence-electron chi connectivity index (χ3n) is 2.34. The molecule has 2 rings (SSSR count). The van der Waals surface area contributed by atoms with Gasteiger partial charge >= 0.3 is 5.97 Å². The number of imidazole rings is 1. The topological polar surface area (TPSA) is 108 Å². The van der Waals surface area contributed by atoms with Crippen molar-refractivity contribution >= 4 is 28.2 Å². The molecule has 8 heteroatoms. The van der Waals surface area contributed by atoms with Crippen LogP contribution in [0.25, 0.3) is 0 Å². The summed E-state index contributed by atoms with van der Waals surface area (Å²) in [5.41, 5.74) is -0.196. The zero-order valence-electron chi connectivity index (χ0n) is 10.1. The first-order valence-corrected chi connectivity index (χ1v) is 6.36. The van der Waals surface area contributed by atoms with Crippen LogP contribution in [-0.4, -0.2) is 38.4 Å². The second-order valence-electron chi connectivity index (χ2n) is 3.77. The summed E-state index contributed by atoms with van der Waals surface area (Å²) in [5.74, 6) is -0.663. The maximum Gasteiger partial charge on any atom is 0.356 e. The number of hydrogen-bond donors (Lipinski definition) is 3. The molecule has 0 aliphatic heterocycles. The molecule has 3 N–H and O–H groups in total. The van der Waals surface area contributed by atoms with Crippen LogP contribution < -0.4 is 5.32 Å². The van der Waals surface area contributed by atoms with Gasteiger partial charge < -0.3 is 15.4 Å². The second-order valence-corrected chi connectivity index (χ2v) is 4.77. The maximum atomic E-state index is 11.3. The van der Waals surface area contributed by atoms with Gasteiger partial charge in [-0.05, 0) is 0 Å². The second kappa shape index (κ2) is 5.61. The molecule has 0 saturated heterocycles. The van der Waals surface area contributed by atoms with E-state index in [-0.39, 0.29) is 16.4 Å². The average Bonchev–Trinajstić information content (AvgIpc) is 2.97. The van der Waals surface area contributed by atoms with Gasteiger partial charge in [0.2, 0.25) is 0 Å². The van der Waals surface area contributed by atoms with Crippen LogP contribution in [0.4, 0.5) is 5.13 Å². The molecule has 0 aliphatic rings. The minimum absolute atomic E-state index is 0.160. The van der Waals surface area contributed by atoms with E-state index in [1.54, 1.807) is 12.4 Å². The lowest BCUT2D eigenvalue weighted by Crippen LogP contribution is -2.06. The quantitative estimate of drug-likeness (QED) is 0.691. The minimum Gasteiger partial charge on any atom is -0.476 e. The van der Waals surface area contributed by atoms with Crippen LogP contribution in [0.2, 0.25) is 0 Å². The number of carboxylic acid groups (broad SMARTS) is 1. The Kier molecular flexibility index (Phi) is 3.91. The van der Waals surface area contributed by atoms with Gasteiger partial charge in [0.05, 0.1) is 0 Å². The molecule has 2 aromatic rings. The van der Waals surface area contributed by atoms with Gasteiger partial charge in [-0.1, -0.05) is 11.3 Å². The molecular weight excluding hydrogens is 268 g/mol. The zero-order valence-corrected chi connectivity index (χ0v) is 11.0. The fraction of sp³-hybridized carbons (Fsp3) is 0.273. The molecule has 0 bridgehead atoms. The molecule has 0 radical (unpaired) electrons. The van der Waals surface area contributed by atoms with Crippen LogP contribution in [-0.2, 0) is 6.42 Å². The van der Waals surface area contributed by atoms with Crippen molar-refractivity contribution in [1.29, 1.82) is 0 Å². The Morgan fingerprint density at radius 3 is 2.84 bits per heavy atom. The fourth-order valence-corrected chi connectivity index (χ4v) is 2.38. The van der Waals surface area contributed by atoms with Crippen molar-refractivity contribution in [3.8, 4) is 0 Å². The number of aromatic amines is 1. The highest BCUT2D eigenvalue weighted by molar-refractivity contribution is 7.17. The SMILES string of the molecule is CC(=O)c1sc(NCCc2ncc[nH]2)nc1C(=O)O. The van der Waals surface area contributed by atoms with Crippen molar-refractivity contribution in [2.75, 3.05) is 11.9 Å². The summed E-state index contributed by atoms with van der Waals surface area (Å²) in [7, 11) is 0. The predicted molar refractivity (Wildman–Crippen MR) is 69.9 cm³/mol. The van der Waals surface area contributed by atoms with E-state index < -0.39 is 5.97 Å². The number of nitrogens with one attached hydrogen (secondary N) is 2. The smallest absolute Gasteiger partial charge is 0.356 e. The van der Waals surface area contributed by atoms with Crippen LogP contribution in [0.5, 0.6) is 0 Å². The van der Waals surface area contributed by atoms with Crippen LogP contribution >= 0.6 is 11.3 Å². The van der Waals surface area contributed by atoms with Crippen LogP contribution in [0.1, 0.15) is 32.9 Å². The van der Waals surface area contributed by atoms with E-state index in [2.05, 4.69) is 20.3 Å². The first-order chi connectivity index (χ1) is 9.08. The minimum atomic E-state index is -1.19. The van der Waals surface area contributed by atoms with Crippen molar-refractivity contribution in [2.45, 2.75) is 13.3 Å². The number of aromatic carboxylic acids is 1. The number of H-pyrrole nitrogens is 1. The number of hydrogen-bond acceptors (Lipinski definition) is 6. The molecular formula is C11H12N4O3S. The molecule has 0 fully saturated rings. The molecule has 0 aromatic carbocycles. The first-order valence-electron chi connectivity index (χ1n) is 5.55. The Morgan fingerprint density at radius 1 is 1.53 bits per heavy atom. The van der Waals surface area contributed by atoms with Gasteiger partial charge in [0.25, 0.3) is 0 Å². The van der Waals surface area contributed by atoms with Gasteiger partial charge in [0, 0.05) is 32.3 Å². The molecule has 100 valence electrons. The number of aromatic nitrogens is 3.